The number of rotatable bonds is 3. The zero-order valence-corrected chi connectivity index (χ0v) is 12.0. The molecule has 2 aromatic carbocycles. The number of nitrogens with two attached hydrogens (primary N) is 1. The first-order valence-electron chi connectivity index (χ1n) is 6.26. The molecule has 0 aliphatic rings. The van der Waals surface area contributed by atoms with Crippen LogP contribution in [0.15, 0.2) is 42.5 Å². The fourth-order valence-electron chi connectivity index (χ4n) is 1.98. The van der Waals surface area contributed by atoms with E-state index in [-0.39, 0.29) is 11.7 Å². The highest BCUT2D eigenvalue weighted by molar-refractivity contribution is 6.30. The Morgan fingerprint density at radius 3 is 2.29 bits per heavy atom. The molecule has 0 amide bonds. The van der Waals surface area contributed by atoms with Crippen molar-refractivity contribution in [2.75, 3.05) is 11.1 Å². The van der Waals surface area contributed by atoms with Gasteiger partial charge < -0.3 is 11.1 Å². The van der Waals surface area contributed by atoms with Crippen LogP contribution in [0.3, 0.4) is 0 Å². The van der Waals surface area contributed by atoms with Gasteiger partial charge in [-0.05, 0) is 42.8 Å². The van der Waals surface area contributed by atoms with Crippen molar-refractivity contribution >= 4 is 23.0 Å². The van der Waals surface area contributed by atoms with E-state index < -0.39 is 11.7 Å². The second-order valence-corrected chi connectivity index (χ2v) is 5.15. The Kier molecular flexibility index (Phi) is 4.32. The number of anilines is 2. The smallest absolute Gasteiger partial charge is 0.398 e. The van der Waals surface area contributed by atoms with Crippen molar-refractivity contribution in [3.8, 4) is 0 Å². The van der Waals surface area contributed by atoms with Crippen LogP contribution < -0.4 is 11.1 Å². The van der Waals surface area contributed by atoms with Crippen molar-refractivity contribution in [1.29, 1.82) is 0 Å². The number of hydrogen-bond acceptors (Lipinski definition) is 2. The largest absolute Gasteiger partial charge is 0.418 e. The lowest BCUT2D eigenvalue weighted by molar-refractivity contribution is -0.136. The maximum Gasteiger partial charge on any atom is 0.418 e. The van der Waals surface area contributed by atoms with Gasteiger partial charge in [0, 0.05) is 22.4 Å². The minimum absolute atomic E-state index is 0.160. The summed E-state index contributed by atoms with van der Waals surface area (Å²) in [6.07, 6.45) is -4.47. The molecule has 21 heavy (non-hydrogen) atoms. The van der Waals surface area contributed by atoms with E-state index in [9.17, 15) is 13.2 Å². The molecule has 2 nitrogen and oxygen atoms in total. The fraction of sp³-hybridized carbons (Fsp3) is 0.200. The minimum atomic E-state index is -4.47. The van der Waals surface area contributed by atoms with Gasteiger partial charge in [0.2, 0.25) is 0 Å². The number of hydrogen-bond donors (Lipinski definition) is 2. The molecule has 0 spiro atoms. The topological polar surface area (TPSA) is 38.0 Å². The van der Waals surface area contributed by atoms with Crippen LogP contribution >= 0.6 is 11.6 Å². The third-order valence-electron chi connectivity index (χ3n) is 3.11. The Hall–Kier alpha value is -1.88. The van der Waals surface area contributed by atoms with E-state index in [1.807, 2.05) is 19.1 Å². The molecule has 3 N–H and O–H groups in total. The van der Waals surface area contributed by atoms with Crippen molar-refractivity contribution in [2.24, 2.45) is 0 Å². The molecule has 0 aliphatic carbocycles. The number of alkyl halides is 3. The summed E-state index contributed by atoms with van der Waals surface area (Å²) in [6, 6.07) is 10.7. The summed E-state index contributed by atoms with van der Waals surface area (Å²) in [7, 11) is 0. The van der Waals surface area contributed by atoms with E-state index in [0.717, 1.165) is 11.6 Å². The standard InChI is InChI=1S/C15H14ClF3N2/c1-9(10-2-4-11(16)5-3-10)21-12-6-7-14(20)13(8-12)15(17,18)19/h2-9,21H,20H2,1H3. The fourth-order valence-corrected chi connectivity index (χ4v) is 2.10. The molecule has 0 radical (unpaired) electrons. The molecule has 0 heterocycles. The second-order valence-electron chi connectivity index (χ2n) is 4.72. The monoisotopic (exact) mass is 314 g/mol. The zero-order valence-electron chi connectivity index (χ0n) is 11.2. The average Bonchev–Trinajstić information content (AvgIpc) is 2.40. The number of benzene rings is 2. The zero-order chi connectivity index (χ0) is 15.6. The van der Waals surface area contributed by atoms with E-state index in [1.165, 1.54) is 12.1 Å². The Labute approximate surface area is 125 Å². The van der Waals surface area contributed by atoms with E-state index >= 15 is 0 Å². The van der Waals surface area contributed by atoms with Gasteiger partial charge in [-0.1, -0.05) is 23.7 Å². The molecule has 0 aromatic heterocycles. The molecular formula is C15H14ClF3N2. The van der Waals surface area contributed by atoms with Crippen molar-refractivity contribution < 1.29 is 13.2 Å². The summed E-state index contributed by atoms with van der Waals surface area (Å²) in [5.41, 5.74) is 5.53. The molecule has 1 atom stereocenters. The maximum absolute atomic E-state index is 12.8. The highest BCUT2D eigenvalue weighted by atomic mass is 35.5. The molecule has 0 fully saturated rings. The molecule has 0 aliphatic heterocycles. The molecule has 0 saturated carbocycles. The van der Waals surface area contributed by atoms with Crippen LogP contribution in [0.4, 0.5) is 24.5 Å². The van der Waals surface area contributed by atoms with Crippen LogP contribution in [0.25, 0.3) is 0 Å². The average molecular weight is 315 g/mol. The summed E-state index contributed by atoms with van der Waals surface area (Å²) in [5, 5.41) is 3.63. The summed E-state index contributed by atoms with van der Waals surface area (Å²) in [5.74, 6) is 0. The van der Waals surface area contributed by atoms with Gasteiger partial charge in [0.05, 0.1) is 5.56 Å². The van der Waals surface area contributed by atoms with Crippen LogP contribution in [-0.4, -0.2) is 0 Å². The third-order valence-corrected chi connectivity index (χ3v) is 3.36. The first kappa shape index (κ1) is 15.5. The van der Waals surface area contributed by atoms with Crippen LogP contribution in [0.5, 0.6) is 0 Å². The van der Waals surface area contributed by atoms with Gasteiger partial charge >= 0.3 is 6.18 Å². The van der Waals surface area contributed by atoms with E-state index in [4.69, 9.17) is 17.3 Å². The van der Waals surface area contributed by atoms with Gasteiger partial charge in [-0.2, -0.15) is 13.2 Å². The van der Waals surface area contributed by atoms with Crippen LogP contribution in [-0.2, 0) is 6.18 Å². The molecule has 2 rings (SSSR count). The van der Waals surface area contributed by atoms with Crippen LogP contribution in [0.2, 0.25) is 5.02 Å². The molecular weight excluding hydrogens is 301 g/mol. The van der Waals surface area contributed by atoms with E-state index in [1.54, 1.807) is 12.1 Å². The molecule has 0 saturated heterocycles. The van der Waals surface area contributed by atoms with Crippen molar-refractivity contribution in [3.63, 3.8) is 0 Å². The van der Waals surface area contributed by atoms with Gasteiger partial charge in [0.1, 0.15) is 0 Å². The van der Waals surface area contributed by atoms with Gasteiger partial charge in [0.15, 0.2) is 0 Å². The first-order valence-corrected chi connectivity index (χ1v) is 6.64. The Morgan fingerprint density at radius 1 is 1.10 bits per heavy atom. The lowest BCUT2D eigenvalue weighted by atomic mass is 10.1. The second kappa shape index (κ2) is 5.85. The summed E-state index contributed by atoms with van der Waals surface area (Å²) in [4.78, 5) is 0. The van der Waals surface area contributed by atoms with Crippen molar-refractivity contribution in [3.05, 3.63) is 58.6 Å². The first-order chi connectivity index (χ1) is 9.77. The summed E-state index contributed by atoms with van der Waals surface area (Å²) in [6.45, 7) is 1.85. The Bertz CT molecular complexity index is 624. The van der Waals surface area contributed by atoms with Gasteiger partial charge in [-0.15, -0.1) is 0 Å². The van der Waals surface area contributed by atoms with Gasteiger partial charge in [-0.25, -0.2) is 0 Å². The van der Waals surface area contributed by atoms with Crippen LogP contribution in [0, 0.1) is 0 Å². The lowest BCUT2D eigenvalue weighted by Crippen LogP contribution is -2.11. The summed E-state index contributed by atoms with van der Waals surface area (Å²) < 4.78 is 38.4. The third kappa shape index (κ3) is 3.82. The van der Waals surface area contributed by atoms with Crippen LogP contribution in [0.1, 0.15) is 24.1 Å². The molecule has 2 aromatic rings. The number of halogens is 4. The molecule has 6 heteroatoms. The lowest BCUT2D eigenvalue weighted by Gasteiger charge is -2.18. The Balaban J connectivity index is 2.21. The Morgan fingerprint density at radius 2 is 1.71 bits per heavy atom. The number of nitrogen functional groups attached to an aromatic ring is 1. The SMILES string of the molecule is CC(Nc1ccc(N)c(C(F)(F)F)c1)c1ccc(Cl)cc1. The highest BCUT2D eigenvalue weighted by Gasteiger charge is 2.33. The normalized spacial score (nSPS) is 13.0. The van der Waals surface area contributed by atoms with Crippen molar-refractivity contribution in [2.45, 2.75) is 19.1 Å². The van der Waals surface area contributed by atoms with Crippen molar-refractivity contribution in [1.82, 2.24) is 0 Å². The number of nitrogens with one attached hydrogen (secondary N) is 1. The predicted octanol–water partition coefficient (Wildman–Crippen LogP) is 5.11. The maximum atomic E-state index is 12.8. The molecule has 0 bridgehead atoms. The van der Waals surface area contributed by atoms with Gasteiger partial charge in [-0.3, -0.25) is 0 Å². The predicted molar refractivity (Wildman–Crippen MR) is 79.3 cm³/mol. The molecule has 112 valence electrons. The minimum Gasteiger partial charge on any atom is -0.398 e. The highest BCUT2D eigenvalue weighted by Crippen LogP contribution is 2.35. The van der Waals surface area contributed by atoms with Gasteiger partial charge in [0.25, 0.3) is 0 Å². The van der Waals surface area contributed by atoms with E-state index in [2.05, 4.69) is 5.32 Å². The quantitative estimate of drug-likeness (QED) is 0.772. The van der Waals surface area contributed by atoms with E-state index in [0.29, 0.717) is 10.7 Å². The molecule has 1 unspecified atom stereocenters. The summed E-state index contributed by atoms with van der Waals surface area (Å²) >= 11 is 5.81.